The predicted octanol–water partition coefficient (Wildman–Crippen LogP) is 5.24. The highest BCUT2D eigenvalue weighted by molar-refractivity contribution is 5.91. The van der Waals surface area contributed by atoms with Crippen molar-refractivity contribution in [1.82, 2.24) is 10.4 Å². The molecule has 1 saturated heterocycles. The smallest absolute Gasteiger partial charge is 0.287 e. The van der Waals surface area contributed by atoms with E-state index in [1.54, 1.807) is 36.4 Å². The van der Waals surface area contributed by atoms with Crippen LogP contribution >= 0.6 is 0 Å². The number of nitrogens with zero attached hydrogens (tertiary/aromatic N) is 1. The molecule has 3 heterocycles. The van der Waals surface area contributed by atoms with E-state index in [1.165, 1.54) is 41.8 Å². The third kappa shape index (κ3) is 7.08. The van der Waals surface area contributed by atoms with Gasteiger partial charge in [-0.3, -0.25) is 14.4 Å². The number of unbranched alkanes of at least 4 members (excludes halogenated alkanes) is 1. The number of carbonyl (C=O) groups is 1. The van der Waals surface area contributed by atoms with Crippen LogP contribution in [0.3, 0.4) is 0 Å². The standard InChI is InChI=1S/C34H40N2O10/c1-39-23-19-26(40-2)30-27(20-23)46-32(21-17-28(41-3)33(43-5)29(18-21)42-4)24(31(30)37)9-6-7-16-45-36-13-11-22(12-14-36)35-34(38)25-10-8-15-44-25/h8,10,15,17-20,22H,6-7,9,11-14,16H2,1-5H3,(H,35,38). The number of hydroxylamine groups is 2. The number of ether oxygens (including phenoxy) is 5. The molecule has 1 fully saturated rings. The molecule has 0 aliphatic carbocycles. The van der Waals surface area contributed by atoms with Gasteiger partial charge < -0.3 is 37.8 Å². The average Bonchev–Trinajstić information content (AvgIpc) is 3.64. The molecule has 12 heteroatoms. The maximum Gasteiger partial charge on any atom is 0.287 e. The zero-order valence-corrected chi connectivity index (χ0v) is 26.8. The molecule has 0 bridgehead atoms. The van der Waals surface area contributed by atoms with Crippen molar-refractivity contribution in [3.05, 3.63) is 64.2 Å². The summed E-state index contributed by atoms with van der Waals surface area (Å²) < 4.78 is 39.3. The maximum absolute atomic E-state index is 14.1. The summed E-state index contributed by atoms with van der Waals surface area (Å²) in [6.07, 6.45) is 4.84. The third-order valence-corrected chi connectivity index (χ3v) is 8.04. The highest BCUT2D eigenvalue weighted by atomic mass is 16.7. The van der Waals surface area contributed by atoms with Gasteiger partial charge in [-0.05, 0) is 56.4 Å². The number of hydrogen-bond donors (Lipinski definition) is 1. The molecule has 1 aliphatic heterocycles. The monoisotopic (exact) mass is 636 g/mol. The molecule has 246 valence electrons. The molecule has 46 heavy (non-hydrogen) atoms. The number of piperidine rings is 1. The Balaban J connectivity index is 1.30. The van der Waals surface area contributed by atoms with Gasteiger partial charge in [-0.1, -0.05) is 0 Å². The first kappa shape index (κ1) is 32.7. The van der Waals surface area contributed by atoms with Crippen LogP contribution in [-0.2, 0) is 11.3 Å². The Morgan fingerprint density at radius 3 is 2.24 bits per heavy atom. The van der Waals surface area contributed by atoms with Gasteiger partial charge >= 0.3 is 0 Å². The van der Waals surface area contributed by atoms with E-state index in [-0.39, 0.29) is 17.4 Å². The van der Waals surface area contributed by atoms with Gasteiger partial charge in [-0.25, -0.2) is 0 Å². The Labute approximate surface area is 267 Å². The number of hydrogen-bond acceptors (Lipinski definition) is 11. The van der Waals surface area contributed by atoms with Crippen LogP contribution in [0.5, 0.6) is 28.7 Å². The Hall–Kier alpha value is -4.68. The van der Waals surface area contributed by atoms with Crippen LogP contribution < -0.4 is 34.4 Å². The summed E-state index contributed by atoms with van der Waals surface area (Å²) in [7, 11) is 7.65. The summed E-state index contributed by atoms with van der Waals surface area (Å²) in [5.41, 5.74) is 1.24. The second-order valence-electron chi connectivity index (χ2n) is 10.8. The van der Waals surface area contributed by atoms with Gasteiger partial charge in [0.1, 0.15) is 28.2 Å². The maximum atomic E-state index is 14.1. The minimum absolute atomic E-state index is 0.0650. The fraction of sp³-hybridized carbons (Fsp3) is 0.412. The van der Waals surface area contributed by atoms with E-state index >= 15 is 0 Å². The van der Waals surface area contributed by atoms with Gasteiger partial charge in [0.05, 0.1) is 48.4 Å². The molecule has 1 N–H and O–H groups in total. The zero-order valence-electron chi connectivity index (χ0n) is 26.8. The largest absolute Gasteiger partial charge is 0.496 e. The summed E-state index contributed by atoms with van der Waals surface area (Å²) in [6.45, 7) is 1.89. The van der Waals surface area contributed by atoms with E-state index in [4.69, 9.17) is 37.4 Å². The van der Waals surface area contributed by atoms with Gasteiger partial charge in [-0.2, -0.15) is 5.06 Å². The Kier molecular flexibility index (Phi) is 10.7. The molecule has 5 rings (SSSR count). The molecule has 0 unspecified atom stereocenters. The van der Waals surface area contributed by atoms with Crippen LogP contribution in [-0.4, -0.2) is 72.3 Å². The molecule has 0 radical (unpaired) electrons. The highest BCUT2D eigenvalue weighted by Gasteiger charge is 2.24. The van der Waals surface area contributed by atoms with Gasteiger partial charge in [-0.15, -0.1) is 0 Å². The minimum atomic E-state index is -0.204. The van der Waals surface area contributed by atoms with Crippen molar-refractivity contribution in [2.24, 2.45) is 0 Å². The van der Waals surface area contributed by atoms with Gasteiger partial charge in [0.25, 0.3) is 5.91 Å². The summed E-state index contributed by atoms with van der Waals surface area (Å²) >= 11 is 0. The molecule has 2 aromatic carbocycles. The van der Waals surface area contributed by atoms with E-state index in [2.05, 4.69) is 5.32 Å². The molecule has 0 spiro atoms. The van der Waals surface area contributed by atoms with Crippen molar-refractivity contribution in [3.63, 3.8) is 0 Å². The fourth-order valence-corrected chi connectivity index (χ4v) is 5.64. The van der Waals surface area contributed by atoms with Crippen molar-refractivity contribution < 1.29 is 42.2 Å². The Morgan fingerprint density at radius 1 is 0.913 bits per heavy atom. The fourth-order valence-electron chi connectivity index (χ4n) is 5.64. The second kappa shape index (κ2) is 15.1. The number of nitrogens with one attached hydrogen (secondary N) is 1. The predicted molar refractivity (Wildman–Crippen MR) is 170 cm³/mol. The third-order valence-electron chi connectivity index (χ3n) is 8.04. The van der Waals surface area contributed by atoms with E-state index in [9.17, 15) is 9.59 Å². The lowest BCUT2D eigenvalue weighted by Crippen LogP contribution is -2.44. The minimum Gasteiger partial charge on any atom is -0.496 e. The van der Waals surface area contributed by atoms with Crippen LogP contribution in [0.4, 0.5) is 0 Å². The van der Waals surface area contributed by atoms with Gasteiger partial charge in [0.2, 0.25) is 5.75 Å². The molecule has 1 amide bonds. The Bertz CT molecular complexity index is 1670. The zero-order chi connectivity index (χ0) is 32.6. The number of furan rings is 1. The second-order valence-corrected chi connectivity index (χ2v) is 10.8. The van der Waals surface area contributed by atoms with E-state index < -0.39 is 0 Å². The number of rotatable bonds is 14. The molecule has 4 aromatic rings. The topological polar surface area (TPSA) is 131 Å². The Morgan fingerprint density at radius 2 is 1.63 bits per heavy atom. The average molecular weight is 637 g/mol. The summed E-state index contributed by atoms with van der Waals surface area (Å²) in [5.74, 6) is 2.67. The highest BCUT2D eigenvalue weighted by Crippen LogP contribution is 2.43. The summed E-state index contributed by atoms with van der Waals surface area (Å²) in [5, 5.41) is 5.29. The van der Waals surface area contributed by atoms with Crippen LogP contribution in [0.15, 0.2) is 56.3 Å². The quantitative estimate of drug-likeness (QED) is 0.182. The number of amides is 1. The summed E-state index contributed by atoms with van der Waals surface area (Å²) in [4.78, 5) is 32.4. The first-order valence-corrected chi connectivity index (χ1v) is 15.1. The molecular formula is C34H40N2O10. The lowest BCUT2D eigenvalue weighted by molar-refractivity contribution is -0.171. The molecule has 0 atom stereocenters. The molecule has 2 aromatic heterocycles. The number of fused-ring (bicyclic) bond motifs is 1. The molecule has 12 nitrogen and oxygen atoms in total. The van der Waals surface area contributed by atoms with Gasteiger partial charge in [0, 0.05) is 42.4 Å². The van der Waals surface area contributed by atoms with Crippen molar-refractivity contribution in [2.75, 3.05) is 55.2 Å². The summed E-state index contributed by atoms with van der Waals surface area (Å²) in [6, 6.07) is 10.3. The lowest BCUT2D eigenvalue weighted by Gasteiger charge is -2.31. The number of methoxy groups -OCH3 is 5. The number of carbonyl (C=O) groups excluding carboxylic acids is 1. The molecule has 1 aliphatic rings. The van der Waals surface area contributed by atoms with Crippen molar-refractivity contribution >= 4 is 16.9 Å². The van der Waals surface area contributed by atoms with Crippen molar-refractivity contribution in [2.45, 2.75) is 38.1 Å². The van der Waals surface area contributed by atoms with Crippen molar-refractivity contribution in [1.29, 1.82) is 0 Å². The normalized spacial score (nSPS) is 13.8. The SMILES string of the molecule is COc1cc(OC)c2c(=O)c(CCCCON3CCC(NC(=O)c4ccco4)CC3)c(-c3cc(OC)c(OC)c(OC)c3)oc2c1. The van der Waals surface area contributed by atoms with Crippen molar-refractivity contribution in [3.8, 4) is 40.1 Å². The van der Waals surface area contributed by atoms with E-state index in [0.717, 1.165) is 12.8 Å². The van der Waals surface area contributed by atoms with Crippen LogP contribution in [0.2, 0.25) is 0 Å². The van der Waals surface area contributed by atoms with Crippen LogP contribution in [0.1, 0.15) is 41.8 Å². The van der Waals surface area contributed by atoms with Crippen LogP contribution in [0.25, 0.3) is 22.3 Å². The first-order chi connectivity index (χ1) is 22.4. The molecule has 0 saturated carbocycles. The van der Waals surface area contributed by atoms with E-state index in [0.29, 0.717) is 101 Å². The van der Waals surface area contributed by atoms with E-state index in [1.807, 2.05) is 5.06 Å². The number of benzene rings is 2. The molecular weight excluding hydrogens is 596 g/mol. The van der Waals surface area contributed by atoms with Crippen LogP contribution in [0, 0.1) is 0 Å². The van der Waals surface area contributed by atoms with Gasteiger partial charge in [0.15, 0.2) is 22.7 Å². The first-order valence-electron chi connectivity index (χ1n) is 15.1. The lowest BCUT2D eigenvalue weighted by atomic mass is 9.99.